The van der Waals surface area contributed by atoms with Crippen molar-refractivity contribution in [2.24, 2.45) is 0 Å². The molecule has 1 unspecified atom stereocenters. The van der Waals surface area contributed by atoms with Crippen LogP contribution in [0, 0.1) is 0 Å². The molecular formula is C45H32S. The number of benzene rings is 7. The Kier molecular flexibility index (Phi) is 5.43. The van der Waals surface area contributed by atoms with Crippen molar-refractivity contribution in [3.8, 4) is 11.1 Å². The highest BCUT2D eigenvalue weighted by molar-refractivity contribution is 7.25. The van der Waals surface area contributed by atoms with Crippen LogP contribution in [0.1, 0.15) is 42.9 Å². The maximum absolute atomic E-state index is 2.62. The molecule has 46 heavy (non-hydrogen) atoms. The van der Waals surface area contributed by atoms with Crippen molar-refractivity contribution in [3.63, 3.8) is 0 Å². The third-order valence-corrected chi connectivity index (χ3v) is 11.9. The zero-order chi connectivity index (χ0) is 30.6. The molecule has 0 aliphatic heterocycles. The van der Waals surface area contributed by atoms with Crippen LogP contribution >= 0.6 is 11.3 Å². The first-order valence-corrected chi connectivity index (χ1v) is 17.2. The van der Waals surface area contributed by atoms with Gasteiger partial charge in [0.2, 0.25) is 0 Å². The van der Waals surface area contributed by atoms with Crippen LogP contribution < -0.4 is 0 Å². The van der Waals surface area contributed by atoms with Crippen molar-refractivity contribution >= 4 is 69.4 Å². The summed E-state index contributed by atoms with van der Waals surface area (Å²) in [6.45, 7) is 4.83. The van der Waals surface area contributed by atoms with Crippen molar-refractivity contribution < 1.29 is 0 Å². The molecule has 0 saturated carbocycles. The average molecular weight is 605 g/mol. The fourth-order valence-electron chi connectivity index (χ4n) is 8.59. The lowest BCUT2D eigenvalue weighted by molar-refractivity contribution is 0.649. The van der Waals surface area contributed by atoms with E-state index in [1.165, 1.54) is 91.5 Å². The van der Waals surface area contributed by atoms with E-state index in [1.807, 2.05) is 11.3 Å². The lowest BCUT2D eigenvalue weighted by atomic mass is 9.75. The first-order valence-electron chi connectivity index (χ1n) is 16.4. The number of hydrogen-bond acceptors (Lipinski definition) is 1. The maximum atomic E-state index is 2.62. The molecule has 0 N–H and O–H groups in total. The van der Waals surface area contributed by atoms with Gasteiger partial charge in [0.05, 0.1) is 0 Å². The second-order valence-electron chi connectivity index (χ2n) is 13.6. The molecule has 1 atom stereocenters. The summed E-state index contributed by atoms with van der Waals surface area (Å²) in [5.41, 5.74) is 9.81. The lowest BCUT2D eigenvalue weighted by Crippen LogP contribution is -2.17. The Morgan fingerprint density at radius 1 is 0.587 bits per heavy atom. The monoisotopic (exact) mass is 604 g/mol. The maximum Gasteiger partial charge on any atom is 0.0361 e. The van der Waals surface area contributed by atoms with E-state index in [1.54, 1.807) is 0 Å². The smallest absolute Gasteiger partial charge is 0.0361 e. The second-order valence-corrected chi connectivity index (χ2v) is 14.7. The Morgan fingerprint density at radius 2 is 1.20 bits per heavy atom. The minimum absolute atomic E-state index is 0.0466. The van der Waals surface area contributed by atoms with Gasteiger partial charge in [-0.1, -0.05) is 129 Å². The minimum Gasteiger partial charge on any atom is -0.135 e. The highest BCUT2D eigenvalue weighted by Gasteiger charge is 2.40. The van der Waals surface area contributed by atoms with Crippen LogP contribution in [-0.4, -0.2) is 0 Å². The van der Waals surface area contributed by atoms with E-state index in [9.17, 15) is 0 Å². The zero-order valence-corrected chi connectivity index (χ0v) is 26.8. The van der Waals surface area contributed by atoms with Gasteiger partial charge >= 0.3 is 0 Å². The molecule has 0 fully saturated rings. The predicted molar refractivity (Wildman–Crippen MR) is 200 cm³/mol. The molecular weight excluding hydrogens is 573 g/mol. The zero-order valence-electron chi connectivity index (χ0n) is 26.0. The number of fused-ring (bicyclic) bond motifs is 9. The normalized spacial score (nSPS) is 17.0. The SMILES string of the molecule is CC1(C)C2=CC(c3c4ccccc4c(-c4ccc5c(c4)sc4ccccc45)c4ccccc34)CC=C2c2cc3ccccc3cc21. The van der Waals surface area contributed by atoms with E-state index < -0.39 is 0 Å². The van der Waals surface area contributed by atoms with Crippen LogP contribution in [0.4, 0.5) is 0 Å². The second kappa shape index (κ2) is 9.52. The van der Waals surface area contributed by atoms with Crippen molar-refractivity contribution in [1.82, 2.24) is 0 Å². The largest absolute Gasteiger partial charge is 0.135 e. The molecule has 0 spiro atoms. The van der Waals surface area contributed by atoms with E-state index in [2.05, 4.69) is 153 Å². The highest BCUT2D eigenvalue weighted by atomic mass is 32.1. The number of rotatable bonds is 2. The molecule has 1 heterocycles. The molecule has 0 bridgehead atoms. The molecule has 0 saturated heterocycles. The summed E-state index contributed by atoms with van der Waals surface area (Å²) in [5, 5.41) is 10.8. The van der Waals surface area contributed by atoms with Gasteiger partial charge in [-0.05, 0) is 102 Å². The summed E-state index contributed by atoms with van der Waals surface area (Å²) in [6.07, 6.45) is 6.16. The Balaban J connectivity index is 1.18. The molecule has 0 nitrogen and oxygen atoms in total. The summed E-state index contributed by atoms with van der Waals surface area (Å²) in [6, 6.07) is 47.8. The van der Waals surface area contributed by atoms with Gasteiger partial charge in [-0.3, -0.25) is 0 Å². The van der Waals surface area contributed by atoms with Gasteiger partial charge in [0.1, 0.15) is 0 Å². The molecule has 8 aromatic rings. The average Bonchev–Trinajstić information content (AvgIpc) is 3.57. The molecule has 7 aromatic carbocycles. The fraction of sp³-hybridized carbons (Fsp3) is 0.111. The predicted octanol–water partition coefficient (Wildman–Crippen LogP) is 13.0. The molecule has 2 aliphatic carbocycles. The minimum atomic E-state index is -0.0466. The van der Waals surface area contributed by atoms with E-state index >= 15 is 0 Å². The fourth-order valence-corrected chi connectivity index (χ4v) is 9.74. The number of thiophene rings is 1. The third-order valence-electron chi connectivity index (χ3n) is 10.8. The van der Waals surface area contributed by atoms with Gasteiger partial charge in [-0.25, -0.2) is 0 Å². The van der Waals surface area contributed by atoms with E-state index in [0.717, 1.165) is 6.42 Å². The Labute approximate surface area is 272 Å². The van der Waals surface area contributed by atoms with Crippen LogP contribution in [0.2, 0.25) is 0 Å². The molecule has 10 rings (SSSR count). The van der Waals surface area contributed by atoms with Crippen molar-refractivity contribution in [2.75, 3.05) is 0 Å². The summed E-state index contributed by atoms with van der Waals surface area (Å²) < 4.78 is 2.70. The standard InChI is InChI=1S/C45H32S/c1-45(2)39-25-29(19-21-31(39)38-23-27-11-3-4-12-28(27)24-40(38)45)43-34-14-5-7-16-36(34)44(37-17-8-6-15-35(37)43)30-20-22-33-32-13-9-10-18-41(32)46-42(33)26-30/h3-18,20-26,29H,19H2,1-2H3. The van der Waals surface area contributed by atoms with E-state index in [0.29, 0.717) is 5.92 Å². The van der Waals surface area contributed by atoms with Gasteiger partial charge in [0.15, 0.2) is 0 Å². The third kappa shape index (κ3) is 3.61. The summed E-state index contributed by atoms with van der Waals surface area (Å²) in [7, 11) is 0. The van der Waals surface area contributed by atoms with Crippen LogP contribution in [0.3, 0.4) is 0 Å². The topological polar surface area (TPSA) is 0 Å². The molecule has 2 aliphatic rings. The van der Waals surface area contributed by atoms with Crippen molar-refractivity contribution in [1.29, 1.82) is 0 Å². The number of allylic oxidation sites excluding steroid dienone is 4. The van der Waals surface area contributed by atoms with Crippen LogP contribution in [-0.2, 0) is 5.41 Å². The lowest BCUT2D eigenvalue weighted by Gasteiger charge is -2.28. The van der Waals surface area contributed by atoms with Crippen molar-refractivity contribution in [2.45, 2.75) is 31.6 Å². The first kappa shape index (κ1) is 26.3. The summed E-state index contributed by atoms with van der Waals surface area (Å²) >= 11 is 1.90. The van der Waals surface area contributed by atoms with Crippen LogP contribution in [0.15, 0.2) is 145 Å². The van der Waals surface area contributed by atoms with Gasteiger partial charge < -0.3 is 0 Å². The molecule has 1 aromatic heterocycles. The van der Waals surface area contributed by atoms with E-state index in [-0.39, 0.29) is 5.41 Å². The highest BCUT2D eigenvalue weighted by Crippen LogP contribution is 2.55. The summed E-state index contributed by atoms with van der Waals surface area (Å²) in [4.78, 5) is 0. The van der Waals surface area contributed by atoms with Gasteiger partial charge in [0.25, 0.3) is 0 Å². The molecule has 218 valence electrons. The van der Waals surface area contributed by atoms with Gasteiger partial charge in [-0.2, -0.15) is 0 Å². The quantitative estimate of drug-likeness (QED) is 0.172. The van der Waals surface area contributed by atoms with Crippen LogP contribution in [0.5, 0.6) is 0 Å². The Morgan fingerprint density at radius 3 is 1.93 bits per heavy atom. The van der Waals surface area contributed by atoms with Gasteiger partial charge in [0, 0.05) is 31.5 Å². The molecule has 1 heteroatoms. The first-order chi connectivity index (χ1) is 22.6. The van der Waals surface area contributed by atoms with E-state index in [4.69, 9.17) is 0 Å². The Hall–Kier alpha value is -4.98. The number of hydrogen-bond donors (Lipinski definition) is 0. The summed E-state index contributed by atoms with van der Waals surface area (Å²) in [5.74, 6) is 0.302. The molecule has 0 amide bonds. The van der Waals surface area contributed by atoms with Gasteiger partial charge in [-0.15, -0.1) is 11.3 Å². The Bertz CT molecular complexity index is 2580. The van der Waals surface area contributed by atoms with Crippen LogP contribution in [0.25, 0.3) is 69.2 Å². The molecule has 0 radical (unpaired) electrons. The van der Waals surface area contributed by atoms with Crippen molar-refractivity contribution in [3.05, 3.63) is 162 Å².